The lowest BCUT2D eigenvalue weighted by molar-refractivity contribution is 0.0873. The Balaban J connectivity index is 2.11. The molecule has 2 rings (SSSR count). The van der Waals surface area contributed by atoms with E-state index < -0.39 is 0 Å². The molecule has 6 heteroatoms. The van der Waals surface area contributed by atoms with E-state index >= 15 is 0 Å². The van der Waals surface area contributed by atoms with Crippen molar-refractivity contribution < 1.29 is 4.79 Å². The second-order valence-corrected chi connectivity index (χ2v) is 9.09. The first-order valence-corrected chi connectivity index (χ1v) is 9.81. The number of amides is 1. The average molecular weight is 474 g/mol. The summed E-state index contributed by atoms with van der Waals surface area (Å²) < 4.78 is 1.90. The van der Waals surface area contributed by atoms with Gasteiger partial charge in [0.1, 0.15) is 0 Å². The zero-order chi connectivity index (χ0) is 14.0. The molecule has 1 saturated carbocycles. The topological polar surface area (TPSA) is 29.1 Å². The van der Waals surface area contributed by atoms with Crippen LogP contribution in [0.15, 0.2) is 14.3 Å². The molecule has 1 heterocycles. The van der Waals surface area contributed by atoms with Gasteiger partial charge in [0, 0.05) is 9.80 Å². The summed E-state index contributed by atoms with van der Waals surface area (Å²) in [5, 5.41) is 4.08. The molecule has 1 aliphatic rings. The molecule has 1 aliphatic carbocycles. The summed E-state index contributed by atoms with van der Waals surface area (Å²) in [4.78, 5) is 13.1. The van der Waals surface area contributed by atoms with E-state index in [-0.39, 0.29) is 11.4 Å². The zero-order valence-electron chi connectivity index (χ0n) is 10.6. The Hall–Kier alpha value is 0.610. The van der Waals surface area contributed by atoms with Gasteiger partial charge in [0.25, 0.3) is 5.91 Å². The average Bonchev–Trinajstić information content (AvgIpc) is 2.70. The number of alkyl halides is 1. The zero-order valence-corrected chi connectivity index (χ0v) is 16.2. The summed E-state index contributed by atoms with van der Waals surface area (Å²) in [5.41, 5.74) is -0.0856. The number of hydrogen-bond acceptors (Lipinski definition) is 2. The molecule has 1 aromatic rings. The number of carbonyl (C=O) groups is 1. The molecule has 1 aromatic heterocycles. The van der Waals surface area contributed by atoms with Crippen LogP contribution in [0.3, 0.4) is 0 Å². The van der Waals surface area contributed by atoms with Gasteiger partial charge in [0.05, 0.1) is 14.2 Å². The van der Waals surface area contributed by atoms with Crippen molar-refractivity contribution >= 4 is 65.0 Å². The van der Waals surface area contributed by atoms with Gasteiger partial charge in [-0.2, -0.15) is 0 Å². The molecule has 0 aromatic carbocycles. The third-order valence-corrected chi connectivity index (χ3v) is 7.92. The smallest absolute Gasteiger partial charge is 0.261 e. The Labute approximate surface area is 143 Å². The van der Waals surface area contributed by atoms with Crippen LogP contribution in [0.2, 0.25) is 0 Å². The summed E-state index contributed by atoms with van der Waals surface area (Å²) >= 11 is 11.9. The van der Waals surface area contributed by atoms with Gasteiger partial charge in [-0.15, -0.1) is 11.3 Å². The van der Waals surface area contributed by atoms with E-state index in [4.69, 9.17) is 0 Å². The highest BCUT2D eigenvalue weighted by Gasteiger charge is 2.35. The van der Waals surface area contributed by atoms with Gasteiger partial charge in [0.15, 0.2) is 0 Å². The molecule has 2 unspecified atom stereocenters. The predicted octanol–water partition coefficient (Wildman–Crippen LogP) is 5.35. The van der Waals surface area contributed by atoms with Crippen LogP contribution in [0.1, 0.15) is 42.3 Å². The van der Waals surface area contributed by atoms with Crippen molar-refractivity contribution in [2.24, 2.45) is 5.92 Å². The molecule has 0 saturated heterocycles. The first kappa shape index (κ1) is 16.0. The largest absolute Gasteiger partial charge is 0.345 e. The monoisotopic (exact) mass is 471 g/mol. The molecule has 1 amide bonds. The quantitative estimate of drug-likeness (QED) is 0.589. The molecule has 1 N–H and O–H groups in total. The van der Waals surface area contributed by atoms with Crippen LogP contribution in [-0.4, -0.2) is 16.8 Å². The van der Waals surface area contributed by atoms with Crippen LogP contribution in [0.25, 0.3) is 0 Å². The number of thiophene rings is 1. The van der Waals surface area contributed by atoms with Crippen molar-refractivity contribution in [2.45, 2.75) is 38.1 Å². The van der Waals surface area contributed by atoms with E-state index in [0.717, 1.165) is 31.3 Å². The standard InChI is InChI=1S/C13H16Br3NOS/c1-8-3-2-4-13(6-8,7-14)17-12(18)10-5-9(15)11(16)19-10/h5,8H,2-4,6-7H2,1H3,(H,17,18). The molecule has 1 fully saturated rings. The van der Waals surface area contributed by atoms with Crippen molar-refractivity contribution in [1.29, 1.82) is 0 Å². The van der Waals surface area contributed by atoms with E-state index in [1.165, 1.54) is 24.2 Å². The Morgan fingerprint density at radius 2 is 2.32 bits per heavy atom. The van der Waals surface area contributed by atoms with Gasteiger partial charge in [-0.3, -0.25) is 4.79 Å². The normalized spacial score (nSPS) is 27.3. The Bertz CT molecular complexity index is 457. The SMILES string of the molecule is CC1CCCC(CBr)(NC(=O)c2cc(Br)c(Br)s2)C1. The predicted molar refractivity (Wildman–Crippen MR) is 91.3 cm³/mol. The summed E-state index contributed by atoms with van der Waals surface area (Å²) in [6.07, 6.45) is 4.56. The van der Waals surface area contributed by atoms with E-state index in [9.17, 15) is 4.79 Å². The molecule has 0 radical (unpaired) electrons. The molecule has 0 aliphatic heterocycles. The van der Waals surface area contributed by atoms with Gasteiger partial charge < -0.3 is 5.32 Å². The van der Waals surface area contributed by atoms with Crippen LogP contribution in [0, 0.1) is 5.92 Å². The van der Waals surface area contributed by atoms with Crippen LogP contribution >= 0.6 is 59.1 Å². The van der Waals surface area contributed by atoms with Gasteiger partial charge in [-0.25, -0.2) is 0 Å². The minimum Gasteiger partial charge on any atom is -0.345 e. The number of carbonyl (C=O) groups excluding carboxylic acids is 1. The number of hydrogen-bond donors (Lipinski definition) is 1. The van der Waals surface area contributed by atoms with Gasteiger partial charge in [-0.1, -0.05) is 35.7 Å². The molecule has 106 valence electrons. The molecular weight excluding hydrogens is 458 g/mol. The first-order valence-electron chi connectivity index (χ1n) is 6.29. The van der Waals surface area contributed by atoms with Crippen molar-refractivity contribution in [1.82, 2.24) is 5.32 Å². The molecule has 2 atom stereocenters. The summed E-state index contributed by atoms with van der Waals surface area (Å²) in [6.45, 7) is 2.26. The molecule has 2 nitrogen and oxygen atoms in total. The molecule has 0 spiro atoms. The fourth-order valence-corrected chi connectivity index (χ4v) is 5.27. The Kier molecular flexibility index (Phi) is 5.54. The van der Waals surface area contributed by atoms with Crippen molar-refractivity contribution in [3.63, 3.8) is 0 Å². The third-order valence-electron chi connectivity index (χ3n) is 3.59. The summed E-state index contributed by atoms with van der Waals surface area (Å²) in [7, 11) is 0. The van der Waals surface area contributed by atoms with Gasteiger partial charge >= 0.3 is 0 Å². The minimum atomic E-state index is -0.0856. The Morgan fingerprint density at radius 3 is 2.84 bits per heavy atom. The van der Waals surface area contributed by atoms with E-state index in [1.54, 1.807) is 0 Å². The lowest BCUT2D eigenvalue weighted by atomic mass is 9.77. The minimum absolute atomic E-state index is 0.0324. The van der Waals surface area contributed by atoms with E-state index in [1.807, 2.05) is 6.07 Å². The number of halogens is 3. The second kappa shape index (κ2) is 6.58. The van der Waals surface area contributed by atoms with Crippen LogP contribution in [-0.2, 0) is 0 Å². The van der Waals surface area contributed by atoms with Crippen LogP contribution < -0.4 is 5.32 Å². The molecule has 0 bridgehead atoms. The maximum Gasteiger partial charge on any atom is 0.261 e. The van der Waals surface area contributed by atoms with Crippen molar-refractivity contribution in [2.75, 3.05) is 5.33 Å². The highest BCUT2D eigenvalue weighted by atomic mass is 79.9. The summed E-state index contributed by atoms with van der Waals surface area (Å²) in [6, 6.07) is 1.87. The maximum absolute atomic E-state index is 12.4. The summed E-state index contributed by atoms with van der Waals surface area (Å²) in [5.74, 6) is 0.707. The fraction of sp³-hybridized carbons (Fsp3) is 0.615. The fourth-order valence-electron chi connectivity index (χ4n) is 2.69. The molecular formula is C13H16Br3NOS. The highest BCUT2D eigenvalue weighted by Crippen LogP contribution is 2.36. The first-order chi connectivity index (χ1) is 8.96. The lowest BCUT2D eigenvalue weighted by Crippen LogP contribution is -2.52. The molecule has 19 heavy (non-hydrogen) atoms. The van der Waals surface area contributed by atoms with Crippen molar-refractivity contribution in [3.8, 4) is 0 Å². The highest BCUT2D eigenvalue weighted by molar-refractivity contribution is 9.13. The van der Waals surface area contributed by atoms with Crippen molar-refractivity contribution in [3.05, 3.63) is 19.2 Å². The van der Waals surface area contributed by atoms with Crippen LogP contribution in [0.4, 0.5) is 0 Å². The third kappa shape index (κ3) is 3.83. The Morgan fingerprint density at radius 1 is 1.58 bits per heavy atom. The second-order valence-electron chi connectivity index (χ2n) is 5.30. The van der Waals surface area contributed by atoms with E-state index in [0.29, 0.717) is 5.92 Å². The van der Waals surface area contributed by atoms with Gasteiger partial charge in [-0.05, 0) is 56.7 Å². The number of nitrogens with one attached hydrogen (secondary N) is 1. The van der Waals surface area contributed by atoms with Gasteiger partial charge in [0.2, 0.25) is 0 Å². The van der Waals surface area contributed by atoms with E-state index in [2.05, 4.69) is 60.0 Å². The number of rotatable bonds is 3. The lowest BCUT2D eigenvalue weighted by Gasteiger charge is -2.39. The maximum atomic E-state index is 12.4. The van der Waals surface area contributed by atoms with Crippen LogP contribution in [0.5, 0.6) is 0 Å².